The van der Waals surface area contributed by atoms with Crippen LogP contribution in [0.4, 0.5) is 0 Å². The van der Waals surface area contributed by atoms with Crippen molar-refractivity contribution in [2.45, 2.75) is 43.8 Å². The number of carboxylic acid groups (broad SMARTS) is 1. The van der Waals surface area contributed by atoms with Crippen LogP contribution in [0.3, 0.4) is 0 Å². The number of carboxylic acids is 1. The first-order chi connectivity index (χ1) is 14.0. The standard InChI is InChI=1S/C16H28N6O7S/c1-30-5-4-9(16(28)29)21-15(27)10(6-12(19)24)22-14(26)8(2-3-11(18)23)20-13(25)7-17/h8-10H,2-7,17H2,1H3,(H2,18,23)(H2,19,24)(H,20,25)(H,21,27)(H,22,26)(H,28,29). The minimum absolute atomic E-state index is 0.118. The van der Waals surface area contributed by atoms with Crippen LogP contribution in [0.15, 0.2) is 0 Å². The quantitative estimate of drug-likeness (QED) is 0.131. The fraction of sp³-hybridized carbons (Fsp3) is 0.625. The van der Waals surface area contributed by atoms with Crippen LogP contribution in [0.5, 0.6) is 0 Å². The highest BCUT2D eigenvalue weighted by atomic mass is 32.2. The smallest absolute Gasteiger partial charge is 0.326 e. The van der Waals surface area contributed by atoms with Crippen LogP contribution in [0, 0.1) is 0 Å². The van der Waals surface area contributed by atoms with Gasteiger partial charge in [-0.05, 0) is 24.9 Å². The molecule has 0 radical (unpaired) electrons. The van der Waals surface area contributed by atoms with E-state index >= 15 is 0 Å². The molecular formula is C16H28N6O7S. The summed E-state index contributed by atoms with van der Waals surface area (Å²) in [5.41, 5.74) is 15.4. The molecule has 0 spiro atoms. The molecule has 14 heteroatoms. The molecule has 0 aromatic carbocycles. The van der Waals surface area contributed by atoms with Crippen molar-refractivity contribution in [1.82, 2.24) is 16.0 Å². The number of hydrogen-bond acceptors (Lipinski definition) is 8. The van der Waals surface area contributed by atoms with E-state index in [4.69, 9.17) is 17.2 Å². The van der Waals surface area contributed by atoms with Gasteiger partial charge >= 0.3 is 5.97 Å². The molecule has 5 amide bonds. The van der Waals surface area contributed by atoms with E-state index in [1.165, 1.54) is 11.8 Å². The number of nitrogens with two attached hydrogens (primary N) is 3. The summed E-state index contributed by atoms with van der Waals surface area (Å²) >= 11 is 1.38. The lowest BCUT2D eigenvalue weighted by atomic mass is 10.1. The Kier molecular flexibility index (Phi) is 12.8. The summed E-state index contributed by atoms with van der Waals surface area (Å²) in [7, 11) is 0. The molecule has 0 aliphatic rings. The normalized spacial score (nSPS) is 13.4. The Bertz CT molecular complexity index is 660. The van der Waals surface area contributed by atoms with E-state index in [2.05, 4.69) is 16.0 Å². The van der Waals surface area contributed by atoms with Crippen LogP contribution in [0.25, 0.3) is 0 Å². The van der Waals surface area contributed by atoms with Gasteiger partial charge in [-0.3, -0.25) is 24.0 Å². The van der Waals surface area contributed by atoms with E-state index in [1.807, 2.05) is 0 Å². The van der Waals surface area contributed by atoms with E-state index < -0.39 is 66.6 Å². The van der Waals surface area contributed by atoms with Crippen LogP contribution in [0.1, 0.15) is 25.7 Å². The Labute approximate surface area is 177 Å². The third kappa shape index (κ3) is 11.2. The van der Waals surface area contributed by atoms with Gasteiger partial charge in [-0.1, -0.05) is 0 Å². The number of hydrogen-bond donors (Lipinski definition) is 7. The molecule has 0 aliphatic carbocycles. The summed E-state index contributed by atoms with van der Waals surface area (Å²) in [6.45, 7) is -0.429. The number of carbonyl (C=O) groups is 6. The van der Waals surface area contributed by atoms with E-state index in [9.17, 15) is 33.9 Å². The molecule has 3 unspecified atom stereocenters. The summed E-state index contributed by atoms with van der Waals surface area (Å²) in [6.07, 6.45) is 0.848. The molecule has 0 aromatic heterocycles. The lowest BCUT2D eigenvalue weighted by Gasteiger charge is -2.23. The van der Waals surface area contributed by atoms with E-state index in [1.54, 1.807) is 6.26 Å². The summed E-state index contributed by atoms with van der Waals surface area (Å²) < 4.78 is 0. The molecule has 0 aliphatic heterocycles. The van der Waals surface area contributed by atoms with E-state index in [0.29, 0.717) is 5.75 Å². The Balaban J connectivity index is 5.36. The largest absolute Gasteiger partial charge is 0.480 e. The van der Waals surface area contributed by atoms with Crippen LogP contribution in [-0.2, 0) is 28.8 Å². The molecule has 13 nitrogen and oxygen atoms in total. The second-order valence-electron chi connectivity index (χ2n) is 6.24. The van der Waals surface area contributed by atoms with Crippen molar-refractivity contribution in [1.29, 1.82) is 0 Å². The average molecular weight is 449 g/mol. The number of aliphatic carboxylic acids is 1. The van der Waals surface area contributed by atoms with E-state index in [0.717, 1.165) is 0 Å². The van der Waals surface area contributed by atoms with Crippen molar-refractivity contribution in [3.63, 3.8) is 0 Å². The summed E-state index contributed by atoms with van der Waals surface area (Å²) in [4.78, 5) is 70.2. The fourth-order valence-corrected chi connectivity index (χ4v) is 2.73. The number of primary amides is 2. The van der Waals surface area contributed by atoms with Gasteiger partial charge in [0, 0.05) is 6.42 Å². The van der Waals surface area contributed by atoms with Crippen molar-refractivity contribution in [3.8, 4) is 0 Å². The first-order valence-electron chi connectivity index (χ1n) is 8.90. The number of carbonyl (C=O) groups excluding carboxylic acids is 5. The lowest BCUT2D eigenvalue weighted by molar-refractivity contribution is -0.142. The van der Waals surface area contributed by atoms with Crippen LogP contribution >= 0.6 is 11.8 Å². The third-order valence-corrected chi connectivity index (χ3v) is 4.42. The molecule has 0 saturated carbocycles. The zero-order chi connectivity index (χ0) is 23.3. The predicted octanol–water partition coefficient (Wildman–Crippen LogP) is -3.62. The first kappa shape index (κ1) is 27.1. The molecule has 0 saturated heterocycles. The van der Waals surface area contributed by atoms with Gasteiger partial charge in [0.15, 0.2) is 0 Å². The van der Waals surface area contributed by atoms with Gasteiger partial charge < -0.3 is 38.3 Å². The molecule has 0 fully saturated rings. The van der Waals surface area contributed by atoms with Gasteiger partial charge in [-0.15, -0.1) is 0 Å². The topological polar surface area (TPSA) is 237 Å². The number of amides is 5. The maximum atomic E-state index is 12.5. The van der Waals surface area contributed by atoms with Gasteiger partial charge in [-0.2, -0.15) is 11.8 Å². The lowest BCUT2D eigenvalue weighted by Crippen LogP contribution is -2.57. The predicted molar refractivity (Wildman–Crippen MR) is 108 cm³/mol. The third-order valence-electron chi connectivity index (χ3n) is 3.78. The minimum Gasteiger partial charge on any atom is -0.480 e. The molecule has 0 rings (SSSR count). The second-order valence-corrected chi connectivity index (χ2v) is 7.23. The summed E-state index contributed by atoms with van der Waals surface area (Å²) in [6, 6.07) is -3.99. The molecule has 0 heterocycles. The van der Waals surface area contributed by atoms with Gasteiger partial charge in [0.25, 0.3) is 0 Å². The minimum atomic E-state index is -1.49. The van der Waals surface area contributed by atoms with Crippen LogP contribution < -0.4 is 33.2 Å². The van der Waals surface area contributed by atoms with Gasteiger partial charge in [0.05, 0.1) is 13.0 Å². The number of nitrogens with one attached hydrogen (secondary N) is 3. The van der Waals surface area contributed by atoms with Crippen LogP contribution in [-0.4, -0.2) is 77.3 Å². The van der Waals surface area contributed by atoms with Crippen molar-refractivity contribution >= 4 is 47.3 Å². The summed E-state index contributed by atoms with van der Waals surface area (Å²) in [5.74, 6) is -5.00. The highest BCUT2D eigenvalue weighted by molar-refractivity contribution is 7.98. The highest BCUT2D eigenvalue weighted by Gasteiger charge is 2.30. The Morgan fingerprint density at radius 3 is 1.90 bits per heavy atom. The van der Waals surface area contributed by atoms with Crippen molar-refractivity contribution in [2.24, 2.45) is 17.2 Å². The van der Waals surface area contributed by atoms with Crippen molar-refractivity contribution in [2.75, 3.05) is 18.6 Å². The molecule has 3 atom stereocenters. The number of rotatable bonds is 15. The highest BCUT2D eigenvalue weighted by Crippen LogP contribution is 2.04. The summed E-state index contributed by atoms with van der Waals surface area (Å²) in [5, 5.41) is 16.0. The van der Waals surface area contributed by atoms with Crippen molar-refractivity contribution < 1.29 is 33.9 Å². The monoisotopic (exact) mass is 448 g/mol. The molecular weight excluding hydrogens is 420 g/mol. The van der Waals surface area contributed by atoms with Gasteiger partial charge in [0.2, 0.25) is 29.5 Å². The average Bonchev–Trinajstić information content (AvgIpc) is 2.66. The van der Waals surface area contributed by atoms with Gasteiger partial charge in [-0.25, -0.2) is 4.79 Å². The fourth-order valence-electron chi connectivity index (χ4n) is 2.26. The molecule has 0 aromatic rings. The Morgan fingerprint density at radius 1 is 0.867 bits per heavy atom. The first-order valence-corrected chi connectivity index (χ1v) is 10.3. The molecule has 0 bridgehead atoms. The molecule has 170 valence electrons. The SMILES string of the molecule is CSCCC(NC(=O)C(CC(N)=O)NC(=O)C(CCC(N)=O)NC(=O)CN)C(=O)O. The zero-order valence-corrected chi connectivity index (χ0v) is 17.3. The van der Waals surface area contributed by atoms with E-state index in [-0.39, 0.29) is 19.3 Å². The Hall–Kier alpha value is -2.87. The Morgan fingerprint density at radius 2 is 1.43 bits per heavy atom. The van der Waals surface area contributed by atoms with Crippen LogP contribution in [0.2, 0.25) is 0 Å². The zero-order valence-electron chi connectivity index (χ0n) is 16.5. The van der Waals surface area contributed by atoms with Crippen molar-refractivity contribution in [3.05, 3.63) is 0 Å². The van der Waals surface area contributed by atoms with Gasteiger partial charge in [0.1, 0.15) is 18.1 Å². The number of thioether (sulfide) groups is 1. The second kappa shape index (κ2) is 14.2. The molecule has 30 heavy (non-hydrogen) atoms. The maximum absolute atomic E-state index is 12.5. The maximum Gasteiger partial charge on any atom is 0.326 e. The molecule has 10 N–H and O–H groups in total.